The Morgan fingerprint density at radius 3 is 2.92 bits per heavy atom. The predicted molar refractivity (Wildman–Crippen MR) is 97.3 cm³/mol. The molecule has 2 aromatic rings. The maximum absolute atomic E-state index is 12.6. The summed E-state index contributed by atoms with van der Waals surface area (Å²) in [5.74, 6) is 0.352. The minimum Gasteiger partial charge on any atom is -0.302 e. The molecule has 3 rings (SSSR count). The summed E-state index contributed by atoms with van der Waals surface area (Å²) in [7, 11) is 0. The first-order valence-corrected chi connectivity index (χ1v) is 9.49. The molecule has 8 heteroatoms. The van der Waals surface area contributed by atoms with E-state index >= 15 is 0 Å². The minimum absolute atomic E-state index is 0.0285. The van der Waals surface area contributed by atoms with E-state index in [4.69, 9.17) is 0 Å². The zero-order valence-electron chi connectivity index (χ0n) is 14.6. The molecule has 1 aliphatic rings. The quantitative estimate of drug-likeness (QED) is 0.826. The first kappa shape index (κ1) is 18.8. The van der Waals surface area contributed by atoms with E-state index in [-0.39, 0.29) is 11.5 Å². The van der Waals surface area contributed by atoms with Crippen molar-refractivity contribution in [1.82, 2.24) is 14.9 Å². The summed E-state index contributed by atoms with van der Waals surface area (Å²) in [6.07, 6.45) is 3.65. The smallest absolute Gasteiger partial charge is 0.265 e. The second-order valence-corrected chi connectivity index (χ2v) is 7.76. The lowest BCUT2D eigenvalue weighted by atomic mass is 9.93. The highest BCUT2D eigenvalue weighted by Crippen LogP contribution is 2.25. The second-order valence-electron chi connectivity index (χ2n) is 6.64. The second kappa shape index (κ2) is 8.64. The average molecular weight is 380 g/mol. The van der Waals surface area contributed by atoms with Gasteiger partial charge in [-0.05, 0) is 43.9 Å². The summed E-state index contributed by atoms with van der Waals surface area (Å²) in [5.41, 5.74) is 0.839. The fourth-order valence-electron chi connectivity index (χ4n) is 3.25. The topological polar surface area (TPSA) is 58.1 Å². The number of thiazole rings is 1. The van der Waals surface area contributed by atoms with Gasteiger partial charge in [-0.3, -0.25) is 14.7 Å². The van der Waals surface area contributed by atoms with Crippen molar-refractivity contribution in [2.75, 3.05) is 18.4 Å². The number of halogens is 2. The molecule has 1 amide bonds. The first-order valence-electron chi connectivity index (χ1n) is 8.67. The van der Waals surface area contributed by atoms with Crippen LogP contribution in [0.1, 0.15) is 42.3 Å². The van der Waals surface area contributed by atoms with Crippen molar-refractivity contribution < 1.29 is 13.6 Å². The van der Waals surface area contributed by atoms with Gasteiger partial charge >= 0.3 is 0 Å². The molecule has 26 heavy (non-hydrogen) atoms. The molecule has 0 saturated carbocycles. The number of hydrogen-bond acceptors (Lipinski definition) is 5. The molecule has 0 radical (unpaired) electrons. The molecular weight excluding hydrogens is 358 g/mol. The minimum atomic E-state index is -2.47. The van der Waals surface area contributed by atoms with Crippen LogP contribution in [-0.4, -0.2) is 33.9 Å². The number of amides is 1. The Morgan fingerprint density at radius 1 is 1.38 bits per heavy atom. The lowest BCUT2D eigenvalue weighted by Crippen LogP contribution is -2.35. The number of nitrogens with one attached hydrogen (secondary N) is 1. The third-order valence-electron chi connectivity index (χ3n) is 4.42. The third-order valence-corrected chi connectivity index (χ3v) is 5.31. The molecule has 0 aromatic carbocycles. The summed E-state index contributed by atoms with van der Waals surface area (Å²) in [6, 6.07) is 3.18. The third kappa shape index (κ3) is 5.28. The van der Waals surface area contributed by atoms with Crippen LogP contribution in [0.5, 0.6) is 0 Å². The molecule has 1 saturated heterocycles. The number of hydrogen-bond donors (Lipinski definition) is 1. The lowest BCUT2D eigenvalue weighted by molar-refractivity contribution is -0.114. The summed E-state index contributed by atoms with van der Waals surface area (Å²) in [5, 5.41) is 3.33. The van der Waals surface area contributed by atoms with Gasteiger partial charge in [-0.2, -0.15) is 0 Å². The highest BCUT2D eigenvalue weighted by Gasteiger charge is 2.21. The number of pyridine rings is 1. The Morgan fingerprint density at radius 2 is 2.23 bits per heavy atom. The fourth-order valence-corrected chi connectivity index (χ4v) is 4.15. The molecule has 0 bridgehead atoms. The van der Waals surface area contributed by atoms with Gasteiger partial charge in [0, 0.05) is 48.5 Å². The van der Waals surface area contributed by atoms with Crippen LogP contribution in [0.25, 0.3) is 0 Å². The molecule has 2 aromatic heterocycles. The van der Waals surface area contributed by atoms with Gasteiger partial charge in [0.1, 0.15) is 0 Å². The van der Waals surface area contributed by atoms with Crippen LogP contribution in [0.2, 0.25) is 0 Å². The van der Waals surface area contributed by atoms with Gasteiger partial charge < -0.3 is 5.32 Å². The van der Waals surface area contributed by atoms with Crippen LogP contribution in [0, 0.1) is 5.92 Å². The van der Waals surface area contributed by atoms with E-state index in [1.165, 1.54) is 30.5 Å². The molecule has 1 aliphatic heterocycles. The van der Waals surface area contributed by atoms with E-state index in [0.29, 0.717) is 11.0 Å². The van der Waals surface area contributed by atoms with Crippen molar-refractivity contribution in [2.45, 2.75) is 39.2 Å². The SMILES string of the molecule is CC(=O)Nc1ncc(CN2CCC[C@H](Cc3ccc(C(F)F)cn3)C2)s1. The predicted octanol–water partition coefficient (Wildman–Crippen LogP) is 3.89. The van der Waals surface area contributed by atoms with Gasteiger partial charge in [0.15, 0.2) is 5.13 Å². The summed E-state index contributed by atoms with van der Waals surface area (Å²) < 4.78 is 25.2. The Bertz CT molecular complexity index is 735. The number of likely N-dealkylation sites (tertiary alicyclic amines) is 1. The van der Waals surface area contributed by atoms with Crippen LogP contribution in [0.4, 0.5) is 13.9 Å². The Labute approximate surface area is 155 Å². The van der Waals surface area contributed by atoms with Gasteiger partial charge in [-0.25, -0.2) is 13.8 Å². The molecule has 0 aliphatic carbocycles. The largest absolute Gasteiger partial charge is 0.302 e. The maximum atomic E-state index is 12.6. The molecule has 1 fully saturated rings. The van der Waals surface area contributed by atoms with Gasteiger partial charge in [0.05, 0.1) is 0 Å². The fraction of sp³-hybridized carbons (Fsp3) is 0.500. The van der Waals surface area contributed by atoms with E-state index in [1.807, 2.05) is 6.20 Å². The zero-order chi connectivity index (χ0) is 18.5. The zero-order valence-corrected chi connectivity index (χ0v) is 15.4. The highest BCUT2D eigenvalue weighted by atomic mass is 32.1. The van der Waals surface area contributed by atoms with Crippen LogP contribution in [-0.2, 0) is 17.8 Å². The first-order chi connectivity index (χ1) is 12.5. The molecule has 140 valence electrons. The molecule has 5 nitrogen and oxygen atoms in total. The van der Waals surface area contributed by atoms with Crippen molar-refractivity contribution >= 4 is 22.4 Å². The molecule has 0 unspecified atom stereocenters. The molecule has 1 atom stereocenters. The number of piperidine rings is 1. The number of alkyl halides is 2. The monoisotopic (exact) mass is 380 g/mol. The van der Waals surface area contributed by atoms with Crippen molar-refractivity contribution in [3.63, 3.8) is 0 Å². The van der Waals surface area contributed by atoms with Crippen molar-refractivity contribution in [3.05, 3.63) is 40.7 Å². The lowest BCUT2D eigenvalue weighted by Gasteiger charge is -2.32. The van der Waals surface area contributed by atoms with E-state index < -0.39 is 6.43 Å². The number of carbonyl (C=O) groups is 1. The van der Waals surface area contributed by atoms with Crippen LogP contribution in [0.3, 0.4) is 0 Å². The number of nitrogens with zero attached hydrogens (tertiary/aromatic N) is 3. The highest BCUT2D eigenvalue weighted by molar-refractivity contribution is 7.15. The molecule has 0 spiro atoms. The maximum Gasteiger partial charge on any atom is 0.265 e. The van der Waals surface area contributed by atoms with E-state index in [0.717, 1.165) is 49.5 Å². The number of anilines is 1. The number of carbonyl (C=O) groups excluding carboxylic acids is 1. The van der Waals surface area contributed by atoms with E-state index in [1.54, 1.807) is 6.07 Å². The van der Waals surface area contributed by atoms with E-state index in [9.17, 15) is 13.6 Å². The van der Waals surface area contributed by atoms with Crippen molar-refractivity contribution in [2.24, 2.45) is 5.92 Å². The summed E-state index contributed by atoms with van der Waals surface area (Å²) >= 11 is 1.50. The van der Waals surface area contributed by atoms with Gasteiger partial charge in [0.2, 0.25) is 5.91 Å². The Kier molecular flexibility index (Phi) is 6.26. The van der Waals surface area contributed by atoms with Crippen LogP contribution < -0.4 is 5.32 Å². The van der Waals surface area contributed by atoms with Crippen molar-refractivity contribution in [1.29, 1.82) is 0 Å². The van der Waals surface area contributed by atoms with Gasteiger partial charge in [0.25, 0.3) is 6.43 Å². The molecule has 1 N–H and O–H groups in total. The number of aromatic nitrogens is 2. The number of rotatable bonds is 6. The van der Waals surface area contributed by atoms with E-state index in [2.05, 4.69) is 20.2 Å². The van der Waals surface area contributed by atoms with Gasteiger partial charge in [-0.15, -0.1) is 11.3 Å². The Hall–Kier alpha value is -1.93. The Balaban J connectivity index is 1.53. The summed E-state index contributed by atoms with van der Waals surface area (Å²) in [6.45, 7) is 4.26. The van der Waals surface area contributed by atoms with Crippen LogP contribution in [0.15, 0.2) is 24.5 Å². The van der Waals surface area contributed by atoms with Gasteiger partial charge in [-0.1, -0.05) is 0 Å². The average Bonchev–Trinajstić information content (AvgIpc) is 3.02. The standard InChI is InChI=1S/C18H22F2N4OS/c1-12(25)23-18-22-9-16(26-18)11-24-6-2-3-13(10-24)7-15-5-4-14(8-21-15)17(19)20/h4-5,8-9,13,17H,2-3,6-7,10-11H2,1H3,(H,22,23,25)/t13-/m1/s1. The molecule has 3 heterocycles. The van der Waals surface area contributed by atoms with Crippen LogP contribution >= 0.6 is 11.3 Å². The normalized spacial score (nSPS) is 18.2. The summed E-state index contributed by atoms with van der Waals surface area (Å²) in [4.78, 5) is 23.0. The molecular formula is C18H22F2N4OS. The van der Waals surface area contributed by atoms with Crippen molar-refractivity contribution in [3.8, 4) is 0 Å².